The van der Waals surface area contributed by atoms with Crippen LogP contribution in [0.15, 0.2) is 23.1 Å². The average Bonchev–Trinajstić information content (AvgIpc) is 3.06. The molecular formula is C19H34Br2N6O3S. The van der Waals surface area contributed by atoms with Gasteiger partial charge in [-0.15, -0.1) is 34.0 Å². The zero-order valence-electron chi connectivity index (χ0n) is 17.9. The van der Waals surface area contributed by atoms with Crippen LogP contribution in [0.3, 0.4) is 0 Å². The first-order chi connectivity index (χ1) is 13.9. The number of nitrogens with zero attached hydrogens (tertiary/aromatic N) is 1. The summed E-state index contributed by atoms with van der Waals surface area (Å²) in [5.41, 5.74) is 0.677. The lowest BCUT2D eigenvalue weighted by Gasteiger charge is -2.39. The van der Waals surface area contributed by atoms with Crippen LogP contribution < -0.4 is 31.3 Å². The van der Waals surface area contributed by atoms with E-state index in [9.17, 15) is 8.42 Å². The van der Waals surface area contributed by atoms with Crippen molar-refractivity contribution in [1.82, 2.24) is 25.6 Å². The predicted molar refractivity (Wildman–Crippen MR) is 133 cm³/mol. The van der Waals surface area contributed by atoms with Gasteiger partial charge in [-0.2, -0.15) is 0 Å². The number of rotatable bonds is 6. The van der Waals surface area contributed by atoms with E-state index in [0.29, 0.717) is 23.5 Å². The molecule has 2 saturated heterocycles. The molecule has 9 nitrogen and oxygen atoms in total. The lowest BCUT2D eigenvalue weighted by Crippen LogP contribution is -2.70. The maximum atomic E-state index is 12.5. The molecule has 0 unspecified atom stereocenters. The van der Waals surface area contributed by atoms with Gasteiger partial charge in [0.25, 0.3) is 0 Å². The molecule has 12 heteroatoms. The number of hydrogen-bond donors (Lipinski definition) is 5. The third kappa shape index (κ3) is 6.11. The molecule has 4 rings (SSSR count). The minimum absolute atomic E-state index is 0. The van der Waals surface area contributed by atoms with Gasteiger partial charge >= 0.3 is 5.97 Å². The van der Waals surface area contributed by atoms with Gasteiger partial charge in [-0.25, -0.2) is 23.4 Å². The van der Waals surface area contributed by atoms with Crippen molar-refractivity contribution in [3.05, 3.63) is 18.2 Å². The van der Waals surface area contributed by atoms with Crippen molar-refractivity contribution in [3.8, 4) is 5.75 Å². The number of halogens is 2. The lowest BCUT2D eigenvalue weighted by molar-refractivity contribution is 0.0106. The van der Waals surface area contributed by atoms with Crippen LogP contribution in [-0.4, -0.2) is 71.1 Å². The molecule has 0 atom stereocenters. The molecule has 5 N–H and O–H groups in total. The largest absolute Gasteiger partial charge is 0.439 e. The van der Waals surface area contributed by atoms with Crippen LogP contribution >= 0.6 is 34.0 Å². The molecule has 3 heterocycles. The molecule has 1 aromatic carbocycles. The van der Waals surface area contributed by atoms with Crippen LogP contribution in [0.2, 0.25) is 0 Å². The maximum absolute atomic E-state index is 12.5. The highest BCUT2D eigenvalue weighted by Gasteiger charge is 2.43. The second-order valence-corrected chi connectivity index (χ2v) is 10.3. The number of piperidine rings is 2. The van der Waals surface area contributed by atoms with E-state index in [-0.39, 0.29) is 38.9 Å². The van der Waals surface area contributed by atoms with Gasteiger partial charge in [-0.1, -0.05) is 0 Å². The first-order valence-electron chi connectivity index (χ1n) is 10.4. The van der Waals surface area contributed by atoms with Gasteiger partial charge in [-0.05, 0) is 70.1 Å². The molecule has 0 saturated carbocycles. The Morgan fingerprint density at radius 3 is 1.97 bits per heavy atom. The first-order valence-corrected chi connectivity index (χ1v) is 11.8. The van der Waals surface area contributed by atoms with Crippen molar-refractivity contribution >= 4 is 49.7 Å². The average molecular weight is 586 g/mol. The van der Waals surface area contributed by atoms with Crippen molar-refractivity contribution in [2.45, 2.75) is 48.6 Å². The van der Waals surface area contributed by atoms with E-state index < -0.39 is 16.0 Å². The van der Waals surface area contributed by atoms with Gasteiger partial charge in [0.2, 0.25) is 10.0 Å². The van der Waals surface area contributed by atoms with E-state index >= 15 is 0 Å². The molecule has 1 aromatic rings. The van der Waals surface area contributed by atoms with E-state index in [4.69, 9.17) is 4.74 Å². The Balaban J connectivity index is 0.00000171. The smallest absolute Gasteiger partial charge is 0.301 e. The van der Waals surface area contributed by atoms with Gasteiger partial charge in [0.15, 0.2) is 0 Å². The topological polar surface area (TPSA) is 107 Å². The van der Waals surface area contributed by atoms with E-state index in [0.717, 1.165) is 51.9 Å². The SMILES string of the molecule is Br.Br.CN(C)S(=O)(=O)c1ccc2c(c1)NC(NC1CCNCC1)(NC1CCNCC1)O2. The van der Waals surface area contributed by atoms with Crippen molar-refractivity contribution in [2.75, 3.05) is 45.6 Å². The molecule has 2 fully saturated rings. The summed E-state index contributed by atoms with van der Waals surface area (Å²) >= 11 is 0. The second-order valence-electron chi connectivity index (χ2n) is 8.19. The summed E-state index contributed by atoms with van der Waals surface area (Å²) in [6.07, 6.45) is 4.04. The van der Waals surface area contributed by atoms with Crippen LogP contribution in [-0.2, 0) is 10.0 Å². The Morgan fingerprint density at radius 1 is 0.968 bits per heavy atom. The molecule has 0 aliphatic carbocycles. The fourth-order valence-corrected chi connectivity index (χ4v) is 5.06. The maximum Gasteiger partial charge on any atom is 0.301 e. The lowest BCUT2D eigenvalue weighted by atomic mass is 10.1. The van der Waals surface area contributed by atoms with E-state index in [1.54, 1.807) is 18.2 Å². The Hall–Kier alpha value is -0.470. The number of ether oxygens (including phenoxy) is 1. The summed E-state index contributed by atoms with van der Waals surface area (Å²) in [5, 5.41) is 17.5. The number of anilines is 1. The number of nitrogens with one attached hydrogen (secondary N) is 5. The molecule has 178 valence electrons. The third-order valence-electron chi connectivity index (χ3n) is 5.80. The molecule has 0 bridgehead atoms. The van der Waals surface area contributed by atoms with E-state index in [2.05, 4.69) is 26.6 Å². The highest BCUT2D eigenvalue weighted by molar-refractivity contribution is 8.93. The van der Waals surface area contributed by atoms with Crippen molar-refractivity contribution in [1.29, 1.82) is 0 Å². The van der Waals surface area contributed by atoms with Crippen LogP contribution in [0.25, 0.3) is 0 Å². The highest BCUT2D eigenvalue weighted by atomic mass is 79.9. The molecule has 0 spiro atoms. The molecular weight excluding hydrogens is 552 g/mol. The standard InChI is InChI=1S/C19H32N6O3S.2BrH/c1-25(2)29(26,27)16-3-4-18-17(13-16)24-19(28-18,22-14-5-9-20-10-6-14)23-15-7-11-21-12-8-15;;/h3-4,13-15,20-24H,5-12H2,1-2H3;2*1H. The predicted octanol–water partition coefficient (Wildman–Crippen LogP) is 1.19. The molecule has 3 aliphatic heterocycles. The molecule has 0 radical (unpaired) electrons. The second kappa shape index (κ2) is 11.1. The summed E-state index contributed by atoms with van der Waals surface area (Å²) in [4.78, 5) is 0.247. The van der Waals surface area contributed by atoms with Gasteiger partial charge in [0, 0.05) is 26.2 Å². The summed E-state index contributed by atoms with van der Waals surface area (Å²) in [7, 11) is -0.438. The van der Waals surface area contributed by atoms with Crippen LogP contribution in [0.1, 0.15) is 25.7 Å². The van der Waals surface area contributed by atoms with Gasteiger partial charge < -0.3 is 20.7 Å². The monoisotopic (exact) mass is 584 g/mol. The molecule has 31 heavy (non-hydrogen) atoms. The van der Waals surface area contributed by atoms with Crippen molar-refractivity contribution < 1.29 is 13.2 Å². The summed E-state index contributed by atoms with van der Waals surface area (Å²) in [6, 6.07) is 5.59. The zero-order chi connectivity index (χ0) is 20.5. The van der Waals surface area contributed by atoms with Gasteiger partial charge in [0.05, 0.1) is 10.6 Å². The first kappa shape index (κ1) is 26.8. The normalized spacial score (nSPS) is 21.4. The molecule has 0 aromatic heterocycles. The minimum Gasteiger partial charge on any atom is -0.439 e. The van der Waals surface area contributed by atoms with E-state index in [1.165, 1.54) is 18.4 Å². The quantitative estimate of drug-likeness (QED) is 0.317. The van der Waals surface area contributed by atoms with Crippen LogP contribution in [0, 0.1) is 0 Å². The fraction of sp³-hybridized carbons (Fsp3) is 0.684. The zero-order valence-corrected chi connectivity index (χ0v) is 22.2. The Morgan fingerprint density at radius 2 is 1.48 bits per heavy atom. The Labute approximate surface area is 206 Å². The summed E-state index contributed by atoms with van der Waals surface area (Å²) in [6.45, 7) is 3.89. The number of fused-ring (bicyclic) bond motifs is 1. The molecule has 0 amide bonds. The van der Waals surface area contributed by atoms with Crippen LogP contribution in [0.4, 0.5) is 5.69 Å². The number of hydrogen-bond acceptors (Lipinski definition) is 8. The van der Waals surface area contributed by atoms with Crippen LogP contribution in [0.5, 0.6) is 5.75 Å². The third-order valence-corrected chi connectivity index (χ3v) is 7.61. The minimum atomic E-state index is -3.51. The van der Waals surface area contributed by atoms with Gasteiger partial charge in [0.1, 0.15) is 5.75 Å². The molecule has 3 aliphatic rings. The van der Waals surface area contributed by atoms with E-state index in [1.807, 2.05) is 0 Å². The summed E-state index contributed by atoms with van der Waals surface area (Å²) in [5.74, 6) is -0.294. The number of benzene rings is 1. The fourth-order valence-electron chi connectivity index (χ4n) is 4.13. The highest BCUT2D eigenvalue weighted by Crippen LogP contribution is 2.37. The van der Waals surface area contributed by atoms with Crippen molar-refractivity contribution in [3.63, 3.8) is 0 Å². The Bertz CT molecular complexity index is 810. The van der Waals surface area contributed by atoms with Gasteiger partial charge in [-0.3, -0.25) is 0 Å². The Kier molecular flexibility index (Phi) is 9.59. The van der Waals surface area contributed by atoms with Crippen molar-refractivity contribution in [2.24, 2.45) is 0 Å². The summed E-state index contributed by atoms with van der Waals surface area (Å²) < 4.78 is 32.6. The number of sulfonamides is 1.